The maximum Gasteiger partial charge on any atom is 0.241 e. The average Bonchev–Trinajstić information content (AvgIpc) is 2.93. The van der Waals surface area contributed by atoms with E-state index in [1.54, 1.807) is 0 Å². The van der Waals surface area contributed by atoms with E-state index < -0.39 is 0 Å². The number of hydrogen-bond donors (Lipinski definition) is 1. The minimum Gasteiger partial charge on any atom is -0.318 e. The van der Waals surface area contributed by atoms with Crippen LogP contribution in [0.15, 0.2) is 24.3 Å². The summed E-state index contributed by atoms with van der Waals surface area (Å²) < 4.78 is 0. The first kappa shape index (κ1) is 14.9. The molecular formula is C17H23ClN2O. The van der Waals surface area contributed by atoms with Gasteiger partial charge >= 0.3 is 0 Å². The fourth-order valence-corrected chi connectivity index (χ4v) is 3.42. The van der Waals surface area contributed by atoms with Crippen LogP contribution >= 0.6 is 11.6 Å². The molecule has 21 heavy (non-hydrogen) atoms. The van der Waals surface area contributed by atoms with Gasteiger partial charge in [0.05, 0.1) is 6.04 Å². The topological polar surface area (TPSA) is 32.3 Å². The van der Waals surface area contributed by atoms with Gasteiger partial charge in [0.1, 0.15) is 6.17 Å². The Morgan fingerprint density at radius 3 is 2.48 bits per heavy atom. The summed E-state index contributed by atoms with van der Waals surface area (Å²) in [5, 5.41) is 4.25. The van der Waals surface area contributed by atoms with Crippen LogP contribution in [0.5, 0.6) is 0 Å². The second-order valence-electron chi connectivity index (χ2n) is 6.92. The maximum absolute atomic E-state index is 12.8. The van der Waals surface area contributed by atoms with Crippen molar-refractivity contribution in [3.05, 3.63) is 34.9 Å². The molecule has 3 atom stereocenters. The number of rotatable bonds is 4. The van der Waals surface area contributed by atoms with E-state index in [0.717, 1.165) is 29.8 Å². The standard InChI is InChI=1S/C17H23ClN2O/c1-4-5-13-16(21)20(14-10-17(14,2)3)15(19-13)11-6-8-12(18)9-7-11/h6-9,13-15,19H,4-5,10H2,1-3H3. The molecule has 0 radical (unpaired) electrons. The third-order valence-electron chi connectivity index (χ3n) is 4.75. The van der Waals surface area contributed by atoms with Crippen molar-refractivity contribution in [2.75, 3.05) is 0 Å². The Balaban J connectivity index is 1.89. The average molecular weight is 307 g/mol. The van der Waals surface area contributed by atoms with Crippen LogP contribution in [0.3, 0.4) is 0 Å². The monoisotopic (exact) mass is 306 g/mol. The lowest BCUT2D eigenvalue weighted by molar-refractivity contribution is -0.131. The minimum atomic E-state index is -0.0490. The Morgan fingerprint density at radius 1 is 1.33 bits per heavy atom. The van der Waals surface area contributed by atoms with E-state index in [-0.39, 0.29) is 23.5 Å². The zero-order valence-electron chi connectivity index (χ0n) is 12.9. The van der Waals surface area contributed by atoms with Gasteiger partial charge in [0, 0.05) is 11.1 Å². The molecule has 1 N–H and O–H groups in total. The van der Waals surface area contributed by atoms with Gasteiger partial charge in [0.2, 0.25) is 5.91 Å². The third-order valence-corrected chi connectivity index (χ3v) is 5.00. The molecule has 3 nitrogen and oxygen atoms in total. The van der Waals surface area contributed by atoms with Crippen LogP contribution < -0.4 is 5.32 Å². The summed E-state index contributed by atoms with van der Waals surface area (Å²) in [6, 6.07) is 8.12. The molecule has 0 spiro atoms. The first-order chi connectivity index (χ1) is 9.94. The van der Waals surface area contributed by atoms with Crippen molar-refractivity contribution < 1.29 is 4.79 Å². The van der Waals surface area contributed by atoms with Gasteiger partial charge < -0.3 is 4.90 Å². The Morgan fingerprint density at radius 2 is 1.95 bits per heavy atom. The highest BCUT2D eigenvalue weighted by atomic mass is 35.5. The summed E-state index contributed by atoms with van der Waals surface area (Å²) in [4.78, 5) is 14.8. The molecule has 3 unspecified atom stereocenters. The van der Waals surface area contributed by atoms with Crippen LogP contribution in [0.25, 0.3) is 0 Å². The molecule has 1 saturated carbocycles. The molecule has 1 amide bonds. The molecule has 3 rings (SSSR count). The van der Waals surface area contributed by atoms with Crippen LogP contribution in [0.4, 0.5) is 0 Å². The molecule has 2 fully saturated rings. The Hall–Kier alpha value is -1.06. The Kier molecular flexibility index (Phi) is 3.74. The molecule has 0 aromatic heterocycles. The molecule has 1 saturated heterocycles. The minimum absolute atomic E-state index is 0.0157. The highest BCUT2D eigenvalue weighted by Crippen LogP contribution is 2.52. The van der Waals surface area contributed by atoms with E-state index in [4.69, 9.17) is 11.6 Å². The quantitative estimate of drug-likeness (QED) is 0.919. The SMILES string of the molecule is CCCC1NC(c2ccc(Cl)cc2)N(C2CC2(C)C)C1=O. The molecule has 1 aliphatic carbocycles. The van der Waals surface area contributed by atoms with E-state index >= 15 is 0 Å². The second kappa shape index (κ2) is 5.29. The number of nitrogens with zero attached hydrogens (tertiary/aromatic N) is 1. The summed E-state index contributed by atoms with van der Waals surface area (Å²) in [6.45, 7) is 6.59. The molecule has 1 aliphatic heterocycles. The molecule has 0 bridgehead atoms. The van der Waals surface area contributed by atoms with E-state index in [1.165, 1.54) is 0 Å². The molecule has 4 heteroatoms. The highest BCUT2D eigenvalue weighted by molar-refractivity contribution is 6.30. The van der Waals surface area contributed by atoms with Crippen molar-refractivity contribution in [1.29, 1.82) is 0 Å². The van der Waals surface area contributed by atoms with Crippen molar-refractivity contribution >= 4 is 17.5 Å². The van der Waals surface area contributed by atoms with Crippen molar-refractivity contribution in [3.8, 4) is 0 Å². The van der Waals surface area contributed by atoms with Crippen molar-refractivity contribution in [2.45, 2.75) is 58.3 Å². The Bertz CT molecular complexity index is 540. The largest absolute Gasteiger partial charge is 0.318 e. The van der Waals surface area contributed by atoms with Gasteiger partial charge in [-0.15, -0.1) is 0 Å². The summed E-state index contributed by atoms with van der Waals surface area (Å²) >= 11 is 5.98. The number of carbonyl (C=O) groups is 1. The van der Waals surface area contributed by atoms with E-state index in [2.05, 4.69) is 31.0 Å². The van der Waals surface area contributed by atoms with Gasteiger partial charge in [0.25, 0.3) is 0 Å². The van der Waals surface area contributed by atoms with Crippen molar-refractivity contribution in [1.82, 2.24) is 10.2 Å². The first-order valence-electron chi connectivity index (χ1n) is 7.78. The lowest BCUT2D eigenvalue weighted by Crippen LogP contribution is -2.35. The molecule has 1 aromatic carbocycles. The second-order valence-corrected chi connectivity index (χ2v) is 7.35. The van der Waals surface area contributed by atoms with E-state index in [0.29, 0.717) is 6.04 Å². The highest BCUT2D eigenvalue weighted by Gasteiger charge is 2.56. The first-order valence-corrected chi connectivity index (χ1v) is 8.15. The van der Waals surface area contributed by atoms with Crippen LogP contribution in [-0.4, -0.2) is 22.9 Å². The summed E-state index contributed by atoms with van der Waals surface area (Å²) in [7, 11) is 0. The van der Waals surface area contributed by atoms with Crippen LogP contribution in [0.1, 0.15) is 51.8 Å². The third kappa shape index (κ3) is 2.69. The molecule has 1 aromatic rings. The maximum atomic E-state index is 12.8. The number of halogens is 1. The number of benzene rings is 1. The molecule has 1 heterocycles. The number of amides is 1. The summed E-state index contributed by atoms with van der Waals surface area (Å²) in [5.41, 5.74) is 1.36. The smallest absolute Gasteiger partial charge is 0.241 e. The zero-order valence-corrected chi connectivity index (χ0v) is 13.7. The Labute approximate surface area is 131 Å². The lowest BCUT2D eigenvalue weighted by atomic mass is 10.1. The fraction of sp³-hybridized carbons (Fsp3) is 0.588. The molecular weight excluding hydrogens is 284 g/mol. The van der Waals surface area contributed by atoms with E-state index in [1.807, 2.05) is 24.3 Å². The summed E-state index contributed by atoms with van der Waals surface area (Å²) in [5.74, 6) is 0.257. The van der Waals surface area contributed by atoms with Crippen molar-refractivity contribution in [3.63, 3.8) is 0 Å². The van der Waals surface area contributed by atoms with Gasteiger partial charge in [-0.2, -0.15) is 0 Å². The predicted molar refractivity (Wildman–Crippen MR) is 85.1 cm³/mol. The number of hydrogen-bond acceptors (Lipinski definition) is 2. The number of carbonyl (C=O) groups excluding carboxylic acids is 1. The van der Waals surface area contributed by atoms with Gasteiger partial charge in [-0.05, 0) is 36.0 Å². The van der Waals surface area contributed by atoms with Gasteiger partial charge in [-0.25, -0.2) is 0 Å². The lowest BCUT2D eigenvalue weighted by Gasteiger charge is -2.26. The van der Waals surface area contributed by atoms with Gasteiger partial charge in [0.15, 0.2) is 0 Å². The fourth-order valence-electron chi connectivity index (χ4n) is 3.29. The number of nitrogens with one attached hydrogen (secondary N) is 1. The summed E-state index contributed by atoms with van der Waals surface area (Å²) in [6.07, 6.45) is 2.98. The van der Waals surface area contributed by atoms with Crippen molar-refractivity contribution in [2.24, 2.45) is 5.41 Å². The van der Waals surface area contributed by atoms with Crippen LogP contribution in [-0.2, 0) is 4.79 Å². The molecule has 2 aliphatic rings. The van der Waals surface area contributed by atoms with Gasteiger partial charge in [-0.1, -0.05) is 50.9 Å². The van der Waals surface area contributed by atoms with Gasteiger partial charge in [-0.3, -0.25) is 10.1 Å². The molecule has 114 valence electrons. The normalized spacial score (nSPS) is 30.8. The predicted octanol–water partition coefficient (Wildman–Crippen LogP) is 3.74. The van der Waals surface area contributed by atoms with Crippen LogP contribution in [0, 0.1) is 5.41 Å². The zero-order chi connectivity index (χ0) is 15.2. The van der Waals surface area contributed by atoms with Crippen LogP contribution in [0.2, 0.25) is 5.02 Å². The van der Waals surface area contributed by atoms with E-state index in [9.17, 15) is 4.79 Å².